The van der Waals surface area contributed by atoms with Gasteiger partial charge in [0, 0.05) is 5.41 Å². The number of carbonyl (C=O) groups is 3. The topological polar surface area (TPSA) is 92.5 Å². The van der Waals surface area contributed by atoms with Gasteiger partial charge in [0.25, 0.3) is 5.91 Å². The van der Waals surface area contributed by atoms with Gasteiger partial charge in [0.15, 0.2) is 5.66 Å². The van der Waals surface area contributed by atoms with Gasteiger partial charge in [-0.15, -0.1) is 0 Å². The Morgan fingerprint density at radius 3 is 2.50 bits per heavy atom. The van der Waals surface area contributed by atoms with E-state index in [-0.39, 0.29) is 40.6 Å². The summed E-state index contributed by atoms with van der Waals surface area (Å²) in [6.07, 6.45) is 1.32. The Morgan fingerprint density at radius 1 is 1.27 bits per heavy atom. The number of hydrogen-bond donors (Lipinski definition) is 1. The quantitative estimate of drug-likeness (QED) is 0.834. The number of amides is 3. The van der Waals surface area contributed by atoms with Crippen molar-refractivity contribution in [3.8, 4) is 0 Å². The molecular formula is C19H23N3O4. The van der Waals surface area contributed by atoms with Crippen molar-refractivity contribution < 1.29 is 19.1 Å². The van der Waals surface area contributed by atoms with Crippen LogP contribution in [0.15, 0.2) is 24.3 Å². The summed E-state index contributed by atoms with van der Waals surface area (Å²) in [5.74, 6) is -0.888. The molecule has 3 atom stereocenters. The van der Waals surface area contributed by atoms with Crippen molar-refractivity contribution in [1.82, 2.24) is 9.80 Å². The van der Waals surface area contributed by atoms with Gasteiger partial charge in [-0.25, -0.2) is 4.79 Å². The Balaban J connectivity index is 1.72. The fourth-order valence-electron chi connectivity index (χ4n) is 4.75. The first-order valence-electron chi connectivity index (χ1n) is 8.97. The average Bonchev–Trinajstić information content (AvgIpc) is 3.47. The number of fused-ring (bicyclic) bond motifs is 3. The Morgan fingerprint density at radius 2 is 1.92 bits per heavy atom. The molecule has 3 aliphatic heterocycles. The molecule has 3 saturated heterocycles. The molecule has 7 heteroatoms. The number of nitrogens with two attached hydrogens (primary N) is 1. The summed E-state index contributed by atoms with van der Waals surface area (Å²) in [4.78, 5) is 40.7. The minimum atomic E-state index is -0.634. The summed E-state index contributed by atoms with van der Waals surface area (Å²) >= 11 is 0. The summed E-state index contributed by atoms with van der Waals surface area (Å²) in [7, 11) is 0. The standard InChI is InChI=1S/C19H23N3O4/c1-4-7-13-19(16-18(2,3)10-26-17(25)22(16)19)21(13)15(24)12-9-6-5-8-11(12)14(20)23/h5-6,8-9,13,16H,4,7,10H2,1-3H3,(H2,20,23)/t13-,16?,19-,21?,22?/m1/s1. The zero-order valence-electron chi connectivity index (χ0n) is 15.2. The molecule has 3 heterocycles. The van der Waals surface area contributed by atoms with E-state index in [9.17, 15) is 14.4 Å². The molecule has 1 spiro atoms. The smallest absolute Gasteiger partial charge is 0.412 e. The van der Waals surface area contributed by atoms with E-state index in [1.165, 1.54) is 0 Å². The predicted octanol–water partition coefficient (Wildman–Crippen LogP) is 1.97. The van der Waals surface area contributed by atoms with Crippen LogP contribution in [-0.4, -0.2) is 52.1 Å². The first kappa shape index (κ1) is 16.9. The van der Waals surface area contributed by atoms with E-state index in [1.807, 2.05) is 13.8 Å². The fraction of sp³-hybridized carbons (Fsp3) is 0.526. The molecule has 3 amide bonds. The molecule has 0 radical (unpaired) electrons. The van der Waals surface area contributed by atoms with Crippen molar-refractivity contribution in [1.29, 1.82) is 0 Å². The minimum Gasteiger partial charge on any atom is -0.449 e. The van der Waals surface area contributed by atoms with Gasteiger partial charge in [0.1, 0.15) is 6.61 Å². The van der Waals surface area contributed by atoms with Crippen LogP contribution >= 0.6 is 0 Å². The van der Waals surface area contributed by atoms with Gasteiger partial charge in [0.2, 0.25) is 5.91 Å². The van der Waals surface area contributed by atoms with Crippen LogP contribution in [0.1, 0.15) is 54.3 Å². The van der Waals surface area contributed by atoms with Crippen molar-refractivity contribution in [2.45, 2.75) is 51.4 Å². The van der Waals surface area contributed by atoms with Gasteiger partial charge < -0.3 is 15.4 Å². The molecule has 3 aliphatic rings. The van der Waals surface area contributed by atoms with Gasteiger partial charge in [-0.05, 0) is 18.6 Å². The summed E-state index contributed by atoms with van der Waals surface area (Å²) in [5, 5.41) is 0. The van der Waals surface area contributed by atoms with Gasteiger partial charge in [-0.3, -0.25) is 14.5 Å². The maximum Gasteiger partial charge on any atom is 0.412 e. The Bertz CT molecular complexity index is 821. The lowest BCUT2D eigenvalue weighted by Gasteiger charge is -2.27. The summed E-state index contributed by atoms with van der Waals surface area (Å²) in [5.41, 5.74) is 5.07. The molecule has 4 rings (SSSR count). The average molecular weight is 357 g/mol. The van der Waals surface area contributed by atoms with Crippen LogP contribution in [0.4, 0.5) is 4.79 Å². The molecule has 2 N–H and O–H groups in total. The second kappa shape index (κ2) is 5.22. The van der Waals surface area contributed by atoms with Gasteiger partial charge in [0.05, 0.1) is 23.2 Å². The number of ether oxygens (including phenoxy) is 1. The van der Waals surface area contributed by atoms with E-state index in [1.54, 1.807) is 34.1 Å². The lowest BCUT2D eigenvalue weighted by atomic mass is 9.86. The highest BCUT2D eigenvalue weighted by Crippen LogP contribution is 2.68. The van der Waals surface area contributed by atoms with Crippen molar-refractivity contribution in [3.05, 3.63) is 35.4 Å². The van der Waals surface area contributed by atoms with Crippen LogP contribution in [0.2, 0.25) is 0 Å². The molecule has 0 aliphatic carbocycles. The number of rotatable bonds is 4. The minimum absolute atomic E-state index is 0.0579. The third kappa shape index (κ3) is 1.97. The van der Waals surface area contributed by atoms with Crippen LogP contribution in [0.5, 0.6) is 0 Å². The summed E-state index contributed by atoms with van der Waals surface area (Å²) in [6.45, 7) is 6.49. The second-order valence-corrected chi connectivity index (χ2v) is 7.99. The first-order valence-corrected chi connectivity index (χ1v) is 8.97. The molecule has 0 saturated carbocycles. The molecule has 0 aromatic heterocycles. The van der Waals surface area contributed by atoms with Gasteiger partial charge in [-0.1, -0.05) is 39.3 Å². The molecular weight excluding hydrogens is 334 g/mol. The van der Waals surface area contributed by atoms with E-state index in [0.717, 1.165) is 12.8 Å². The number of primary amides is 1. The monoisotopic (exact) mass is 357 g/mol. The van der Waals surface area contributed by atoms with Crippen LogP contribution in [0.3, 0.4) is 0 Å². The van der Waals surface area contributed by atoms with Crippen molar-refractivity contribution >= 4 is 17.9 Å². The zero-order valence-corrected chi connectivity index (χ0v) is 15.2. The third-order valence-corrected chi connectivity index (χ3v) is 5.81. The van der Waals surface area contributed by atoms with Crippen molar-refractivity contribution in [3.63, 3.8) is 0 Å². The lowest BCUT2D eigenvalue weighted by molar-refractivity contribution is 0.0494. The van der Waals surface area contributed by atoms with Crippen LogP contribution < -0.4 is 5.73 Å². The maximum atomic E-state index is 13.3. The number of hydrogen-bond acceptors (Lipinski definition) is 4. The van der Waals surface area contributed by atoms with Crippen molar-refractivity contribution in [2.24, 2.45) is 11.1 Å². The highest BCUT2D eigenvalue weighted by atomic mass is 16.6. The highest BCUT2D eigenvalue weighted by Gasteiger charge is 2.89. The summed E-state index contributed by atoms with van der Waals surface area (Å²) < 4.78 is 5.32. The van der Waals surface area contributed by atoms with Gasteiger partial charge in [-0.2, -0.15) is 0 Å². The van der Waals surface area contributed by atoms with E-state index in [4.69, 9.17) is 10.5 Å². The molecule has 1 aromatic rings. The normalized spacial score (nSPS) is 30.7. The Labute approximate surface area is 152 Å². The van der Waals surface area contributed by atoms with E-state index < -0.39 is 11.6 Å². The van der Waals surface area contributed by atoms with E-state index in [2.05, 4.69) is 6.92 Å². The number of benzene rings is 1. The summed E-state index contributed by atoms with van der Waals surface area (Å²) in [6, 6.07) is 6.44. The van der Waals surface area contributed by atoms with Crippen molar-refractivity contribution in [2.75, 3.05) is 6.61 Å². The molecule has 0 bridgehead atoms. The SMILES string of the molecule is CCC[C@H]1N(C(=O)c2ccccc2C(N)=O)[C@]12C1N2C(=O)OCC1(C)C. The lowest BCUT2D eigenvalue weighted by Crippen LogP contribution is -2.37. The second-order valence-electron chi connectivity index (χ2n) is 7.99. The number of nitrogens with zero attached hydrogens (tertiary/aromatic N) is 2. The molecule has 7 nitrogen and oxygen atoms in total. The van der Waals surface area contributed by atoms with Crippen LogP contribution in [0, 0.1) is 5.41 Å². The maximum absolute atomic E-state index is 13.3. The molecule has 3 fully saturated rings. The number of cyclic esters (lactones) is 1. The molecule has 1 unspecified atom stereocenters. The molecule has 1 aromatic carbocycles. The van der Waals surface area contributed by atoms with E-state index in [0.29, 0.717) is 6.61 Å². The van der Waals surface area contributed by atoms with E-state index >= 15 is 0 Å². The molecule has 138 valence electrons. The van der Waals surface area contributed by atoms with Crippen LogP contribution in [-0.2, 0) is 4.74 Å². The molecule has 26 heavy (non-hydrogen) atoms. The van der Waals surface area contributed by atoms with Crippen LogP contribution in [0.25, 0.3) is 0 Å². The Hall–Kier alpha value is -2.57. The highest BCUT2D eigenvalue weighted by molar-refractivity contribution is 6.08. The zero-order chi connectivity index (χ0) is 18.9. The predicted molar refractivity (Wildman–Crippen MR) is 93.3 cm³/mol. The number of carbonyl (C=O) groups excluding carboxylic acids is 3. The Kier molecular flexibility index (Phi) is 3.39. The van der Waals surface area contributed by atoms with Gasteiger partial charge >= 0.3 is 6.09 Å². The largest absolute Gasteiger partial charge is 0.449 e. The fourth-order valence-corrected chi connectivity index (χ4v) is 4.75. The first-order chi connectivity index (χ1) is 12.3. The third-order valence-electron chi connectivity index (χ3n) is 5.81.